The Morgan fingerprint density at radius 1 is 1.03 bits per heavy atom. The molecule has 9 nitrogen and oxygen atoms in total. The predicted molar refractivity (Wildman–Crippen MR) is 109 cm³/mol. The maximum absolute atomic E-state index is 12.1. The third kappa shape index (κ3) is 5.51. The first-order valence-electron chi connectivity index (χ1n) is 9.15. The van der Waals surface area contributed by atoms with Crippen molar-refractivity contribution in [3.63, 3.8) is 0 Å². The Bertz CT molecular complexity index is 1030. The molecule has 0 radical (unpaired) electrons. The van der Waals surface area contributed by atoms with Crippen molar-refractivity contribution < 1.29 is 19.1 Å². The van der Waals surface area contributed by atoms with E-state index in [1.165, 1.54) is 15.8 Å². The zero-order chi connectivity index (χ0) is 21.5. The minimum absolute atomic E-state index is 0.0188. The normalized spacial score (nSPS) is 10.3. The number of carbonyl (C=O) groups excluding carboxylic acids is 3. The number of rotatable bonds is 7. The molecule has 0 aliphatic rings. The number of amides is 2. The fourth-order valence-corrected chi connectivity index (χ4v) is 2.60. The molecule has 2 aromatic carbocycles. The second kappa shape index (κ2) is 9.46. The zero-order valence-corrected chi connectivity index (χ0v) is 16.6. The Morgan fingerprint density at radius 3 is 2.40 bits per heavy atom. The summed E-state index contributed by atoms with van der Waals surface area (Å²) >= 11 is 0. The van der Waals surface area contributed by atoms with Crippen molar-refractivity contribution >= 4 is 23.5 Å². The highest BCUT2D eigenvalue weighted by atomic mass is 16.5. The summed E-state index contributed by atoms with van der Waals surface area (Å²) in [7, 11) is 3.32. The molecule has 0 bridgehead atoms. The van der Waals surface area contributed by atoms with E-state index in [-0.39, 0.29) is 11.6 Å². The quantitative estimate of drug-likeness (QED) is 0.599. The summed E-state index contributed by atoms with van der Waals surface area (Å²) in [6.45, 7) is -0.00329. The van der Waals surface area contributed by atoms with Gasteiger partial charge in [0.15, 0.2) is 12.3 Å². The number of nitrogens with zero attached hydrogens (tertiary/aromatic N) is 4. The number of nitrogens with one attached hydrogen (secondary N) is 1. The van der Waals surface area contributed by atoms with Gasteiger partial charge >= 0.3 is 5.97 Å². The van der Waals surface area contributed by atoms with Crippen molar-refractivity contribution in [2.24, 2.45) is 0 Å². The van der Waals surface area contributed by atoms with Crippen LogP contribution in [0.4, 0.5) is 5.69 Å². The number of anilines is 1. The van der Waals surface area contributed by atoms with Crippen LogP contribution >= 0.6 is 0 Å². The molecule has 0 saturated heterocycles. The Balaban J connectivity index is 1.49. The second-order valence-electron chi connectivity index (χ2n) is 6.69. The molecular weight excluding hydrogens is 386 g/mol. The van der Waals surface area contributed by atoms with E-state index in [2.05, 4.69) is 15.6 Å². The summed E-state index contributed by atoms with van der Waals surface area (Å²) in [5.41, 5.74) is 2.02. The Labute approximate surface area is 173 Å². The third-order valence-electron chi connectivity index (χ3n) is 4.09. The van der Waals surface area contributed by atoms with Crippen LogP contribution in [-0.4, -0.2) is 58.4 Å². The monoisotopic (exact) mass is 407 g/mol. The molecule has 1 heterocycles. The maximum atomic E-state index is 12.1. The third-order valence-corrected chi connectivity index (χ3v) is 4.09. The molecule has 30 heavy (non-hydrogen) atoms. The van der Waals surface area contributed by atoms with Gasteiger partial charge in [0.1, 0.15) is 0 Å². The molecule has 0 aliphatic heterocycles. The van der Waals surface area contributed by atoms with Gasteiger partial charge in [-0.1, -0.05) is 35.5 Å². The van der Waals surface area contributed by atoms with E-state index in [4.69, 9.17) is 4.74 Å². The second-order valence-corrected chi connectivity index (χ2v) is 6.69. The fraction of sp³-hybridized carbons (Fsp3) is 0.190. The molecule has 0 aliphatic carbocycles. The molecule has 3 rings (SSSR count). The predicted octanol–water partition coefficient (Wildman–Crippen LogP) is 1.82. The summed E-state index contributed by atoms with van der Waals surface area (Å²) < 4.78 is 6.51. The summed E-state index contributed by atoms with van der Waals surface area (Å²) in [6.07, 6.45) is 1.47. The Hall–Kier alpha value is -4.01. The largest absolute Gasteiger partial charge is 0.451 e. The lowest BCUT2D eigenvalue weighted by molar-refractivity contribution is -0.119. The van der Waals surface area contributed by atoms with Gasteiger partial charge in [-0.25, -0.2) is 9.48 Å². The van der Waals surface area contributed by atoms with Crippen LogP contribution in [0.5, 0.6) is 0 Å². The van der Waals surface area contributed by atoms with Gasteiger partial charge in [-0.15, -0.1) is 5.10 Å². The van der Waals surface area contributed by atoms with Gasteiger partial charge in [0.25, 0.3) is 11.8 Å². The average Bonchev–Trinajstić information content (AvgIpc) is 3.21. The lowest BCUT2D eigenvalue weighted by Gasteiger charge is -2.11. The summed E-state index contributed by atoms with van der Waals surface area (Å²) in [5, 5.41) is 10.3. The first-order chi connectivity index (χ1) is 14.4. The van der Waals surface area contributed by atoms with Crippen molar-refractivity contribution in [3.8, 4) is 0 Å². The minimum atomic E-state index is -0.739. The van der Waals surface area contributed by atoms with Crippen LogP contribution < -0.4 is 5.32 Å². The molecule has 3 aromatic rings. The fourth-order valence-electron chi connectivity index (χ4n) is 2.60. The number of hydrogen-bond donors (Lipinski definition) is 1. The van der Waals surface area contributed by atoms with E-state index in [1.807, 2.05) is 30.3 Å². The average molecular weight is 407 g/mol. The topological polar surface area (TPSA) is 106 Å². The molecule has 154 valence electrons. The van der Waals surface area contributed by atoms with Crippen molar-refractivity contribution in [1.29, 1.82) is 0 Å². The van der Waals surface area contributed by atoms with Crippen molar-refractivity contribution in [2.45, 2.75) is 6.54 Å². The van der Waals surface area contributed by atoms with Gasteiger partial charge in [-0.2, -0.15) is 0 Å². The molecule has 0 fully saturated rings. The number of aromatic nitrogens is 3. The number of carbonyl (C=O) groups is 3. The standard InChI is InChI=1S/C21H21N5O4/c1-25(2)20(28)16-8-10-17(11-9-16)22-19(27)14-30-21(29)18-13-26(24-23-18)12-15-6-4-3-5-7-15/h3-11,13H,12,14H2,1-2H3,(H,22,27). The van der Waals surface area contributed by atoms with Crippen LogP contribution in [0, 0.1) is 0 Å². The van der Waals surface area contributed by atoms with Crippen LogP contribution in [0.1, 0.15) is 26.4 Å². The van der Waals surface area contributed by atoms with E-state index >= 15 is 0 Å². The van der Waals surface area contributed by atoms with Crippen LogP contribution in [0.25, 0.3) is 0 Å². The van der Waals surface area contributed by atoms with Gasteiger partial charge in [-0.3, -0.25) is 9.59 Å². The Morgan fingerprint density at radius 2 is 1.73 bits per heavy atom. The van der Waals surface area contributed by atoms with Crippen LogP contribution in [0.3, 0.4) is 0 Å². The number of esters is 1. The summed E-state index contributed by atoms with van der Waals surface area (Å²) in [4.78, 5) is 37.4. The molecule has 0 unspecified atom stereocenters. The highest BCUT2D eigenvalue weighted by Gasteiger charge is 2.15. The van der Waals surface area contributed by atoms with E-state index in [0.717, 1.165) is 5.56 Å². The maximum Gasteiger partial charge on any atom is 0.361 e. The number of benzene rings is 2. The van der Waals surface area contributed by atoms with Crippen molar-refractivity contribution in [3.05, 3.63) is 77.6 Å². The summed E-state index contributed by atoms with van der Waals surface area (Å²) in [5.74, 6) is -1.38. The van der Waals surface area contributed by atoms with Crippen LogP contribution in [0.15, 0.2) is 60.8 Å². The highest BCUT2D eigenvalue weighted by Crippen LogP contribution is 2.11. The summed E-state index contributed by atoms with van der Waals surface area (Å²) in [6, 6.07) is 16.0. The highest BCUT2D eigenvalue weighted by molar-refractivity contribution is 5.96. The lowest BCUT2D eigenvalue weighted by atomic mass is 10.2. The SMILES string of the molecule is CN(C)C(=O)c1ccc(NC(=O)COC(=O)c2cn(Cc3ccccc3)nn2)cc1. The van der Waals surface area contributed by atoms with Gasteiger partial charge in [0, 0.05) is 25.3 Å². The van der Waals surface area contributed by atoms with E-state index in [0.29, 0.717) is 17.8 Å². The molecular formula is C21H21N5O4. The number of hydrogen-bond acceptors (Lipinski definition) is 6. The minimum Gasteiger partial charge on any atom is -0.451 e. The van der Waals surface area contributed by atoms with Gasteiger partial charge in [-0.05, 0) is 29.8 Å². The number of ether oxygens (including phenoxy) is 1. The molecule has 9 heteroatoms. The van der Waals surface area contributed by atoms with E-state index in [1.54, 1.807) is 38.4 Å². The molecule has 1 N–H and O–H groups in total. The lowest BCUT2D eigenvalue weighted by Crippen LogP contribution is -2.22. The smallest absolute Gasteiger partial charge is 0.361 e. The van der Waals surface area contributed by atoms with E-state index < -0.39 is 18.5 Å². The van der Waals surface area contributed by atoms with Crippen molar-refractivity contribution in [2.75, 3.05) is 26.0 Å². The first kappa shape index (κ1) is 20.7. The van der Waals surface area contributed by atoms with Crippen LogP contribution in [-0.2, 0) is 16.1 Å². The van der Waals surface area contributed by atoms with E-state index in [9.17, 15) is 14.4 Å². The molecule has 2 amide bonds. The molecule has 0 atom stereocenters. The molecule has 1 aromatic heterocycles. The van der Waals surface area contributed by atoms with Crippen molar-refractivity contribution in [1.82, 2.24) is 19.9 Å². The molecule has 0 spiro atoms. The first-order valence-corrected chi connectivity index (χ1v) is 9.15. The van der Waals surface area contributed by atoms with Gasteiger partial charge in [0.05, 0.1) is 12.7 Å². The zero-order valence-electron chi connectivity index (χ0n) is 16.6. The van der Waals surface area contributed by atoms with Gasteiger partial charge < -0.3 is 15.0 Å². The van der Waals surface area contributed by atoms with Gasteiger partial charge in [0.2, 0.25) is 0 Å². The Kier molecular flexibility index (Phi) is 6.53. The molecule has 0 saturated carbocycles. The van der Waals surface area contributed by atoms with Crippen LogP contribution in [0.2, 0.25) is 0 Å².